The summed E-state index contributed by atoms with van der Waals surface area (Å²) in [7, 11) is 0. The maximum Gasteiger partial charge on any atom is 0.573 e. The average Bonchev–Trinajstić information content (AvgIpc) is 3.04. The second-order valence-corrected chi connectivity index (χ2v) is 8.27. The lowest BCUT2D eigenvalue weighted by Gasteiger charge is -2.22. The number of carbonyl (C=O) groups excluding carboxylic acids is 2. The van der Waals surface area contributed by atoms with Gasteiger partial charge in [0.05, 0.1) is 10.3 Å². The zero-order valence-corrected chi connectivity index (χ0v) is 15.7. The zero-order valence-electron chi connectivity index (χ0n) is 13.3. The molecule has 2 heterocycles. The molecule has 3 rings (SSSR count). The number of urea groups is 1. The van der Waals surface area contributed by atoms with Crippen molar-refractivity contribution in [2.24, 2.45) is 0 Å². The van der Waals surface area contributed by atoms with Crippen LogP contribution in [0.3, 0.4) is 0 Å². The predicted molar refractivity (Wildman–Crippen MR) is 91.6 cm³/mol. The minimum atomic E-state index is -4.80. The third-order valence-corrected chi connectivity index (χ3v) is 5.49. The molecule has 0 bridgehead atoms. The van der Waals surface area contributed by atoms with E-state index in [1.807, 2.05) is 6.07 Å². The molecule has 2 aromatic rings. The molecule has 1 aromatic heterocycles. The second-order valence-electron chi connectivity index (χ2n) is 5.72. The standard InChI is InChI=1S/C16H12BrF3N2O3S/c1-15(9-2-4-10(5-3-9)25-16(18,19)20)13(23)22(14(24)21-15)8-11-6-7-12(17)26-11/h2-7H,8H2,1H3,(H,21,24). The maximum absolute atomic E-state index is 12.8. The van der Waals surface area contributed by atoms with Crippen LogP contribution in [0, 0.1) is 0 Å². The summed E-state index contributed by atoms with van der Waals surface area (Å²) >= 11 is 4.72. The molecule has 1 saturated heterocycles. The molecule has 3 amide bonds. The first kappa shape index (κ1) is 18.7. The number of halogens is 4. The molecule has 1 atom stereocenters. The van der Waals surface area contributed by atoms with Crippen LogP contribution in [-0.4, -0.2) is 23.2 Å². The molecular formula is C16H12BrF3N2O3S. The van der Waals surface area contributed by atoms with Gasteiger partial charge in [0.15, 0.2) is 0 Å². The molecular weight excluding hydrogens is 437 g/mol. The SMILES string of the molecule is CC1(c2ccc(OC(F)(F)F)cc2)NC(=O)N(Cc2ccc(Br)s2)C1=O. The molecule has 10 heteroatoms. The quantitative estimate of drug-likeness (QED) is 0.706. The minimum Gasteiger partial charge on any atom is -0.406 e. The van der Waals surface area contributed by atoms with Gasteiger partial charge >= 0.3 is 12.4 Å². The Balaban J connectivity index is 1.81. The Kier molecular flexibility index (Phi) is 4.74. The van der Waals surface area contributed by atoms with Crippen molar-refractivity contribution >= 4 is 39.2 Å². The van der Waals surface area contributed by atoms with Gasteiger partial charge in [0.1, 0.15) is 11.3 Å². The van der Waals surface area contributed by atoms with E-state index in [9.17, 15) is 22.8 Å². The van der Waals surface area contributed by atoms with Gasteiger partial charge in [-0.15, -0.1) is 24.5 Å². The van der Waals surface area contributed by atoms with Crippen LogP contribution in [0.5, 0.6) is 5.75 Å². The van der Waals surface area contributed by atoms with Crippen molar-refractivity contribution in [1.29, 1.82) is 0 Å². The molecule has 5 nitrogen and oxygen atoms in total. The Labute approximate surface area is 158 Å². The highest BCUT2D eigenvalue weighted by molar-refractivity contribution is 9.11. The van der Waals surface area contributed by atoms with Gasteiger partial charge in [-0.1, -0.05) is 12.1 Å². The van der Waals surface area contributed by atoms with E-state index in [1.54, 1.807) is 6.07 Å². The fourth-order valence-corrected chi connectivity index (χ4v) is 4.09. The van der Waals surface area contributed by atoms with Crippen LogP contribution in [-0.2, 0) is 16.9 Å². The van der Waals surface area contributed by atoms with Crippen LogP contribution < -0.4 is 10.1 Å². The number of alkyl halides is 3. The summed E-state index contributed by atoms with van der Waals surface area (Å²) in [5.74, 6) is -0.876. The third kappa shape index (κ3) is 3.70. The highest BCUT2D eigenvalue weighted by atomic mass is 79.9. The molecule has 1 aromatic carbocycles. The van der Waals surface area contributed by atoms with E-state index in [4.69, 9.17) is 0 Å². The fourth-order valence-electron chi connectivity index (χ4n) is 2.62. The number of amides is 3. The van der Waals surface area contributed by atoms with Crippen LogP contribution in [0.2, 0.25) is 0 Å². The molecule has 1 N–H and O–H groups in total. The second kappa shape index (κ2) is 6.58. The smallest absolute Gasteiger partial charge is 0.406 e. The van der Waals surface area contributed by atoms with Gasteiger partial charge in [0, 0.05) is 4.88 Å². The van der Waals surface area contributed by atoms with Crippen molar-refractivity contribution in [3.8, 4) is 5.75 Å². The number of hydrogen-bond acceptors (Lipinski definition) is 4. The summed E-state index contributed by atoms with van der Waals surface area (Å²) < 4.78 is 41.4. The van der Waals surface area contributed by atoms with E-state index in [-0.39, 0.29) is 6.54 Å². The third-order valence-electron chi connectivity index (χ3n) is 3.88. The van der Waals surface area contributed by atoms with Crippen LogP contribution in [0.25, 0.3) is 0 Å². The Hall–Kier alpha value is -2.07. The molecule has 26 heavy (non-hydrogen) atoms. The lowest BCUT2D eigenvalue weighted by molar-refractivity contribution is -0.274. The van der Waals surface area contributed by atoms with E-state index >= 15 is 0 Å². The van der Waals surface area contributed by atoms with E-state index in [0.717, 1.165) is 25.7 Å². The zero-order chi connectivity index (χ0) is 19.1. The number of imide groups is 1. The number of thiophene rings is 1. The maximum atomic E-state index is 12.8. The normalized spacial score (nSPS) is 20.4. The van der Waals surface area contributed by atoms with E-state index in [2.05, 4.69) is 26.0 Å². The molecule has 1 fully saturated rings. The van der Waals surface area contributed by atoms with E-state index in [0.29, 0.717) is 5.56 Å². The van der Waals surface area contributed by atoms with E-state index < -0.39 is 29.6 Å². The summed E-state index contributed by atoms with van der Waals surface area (Å²) in [5.41, 5.74) is -0.997. The van der Waals surface area contributed by atoms with Gasteiger partial charge in [0.25, 0.3) is 5.91 Å². The van der Waals surface area contributed by atoms with Gasteiger partial charge in [0.2, 0.25) is 0 Å². The summed E-state index contributed by atoms with van der Waals surface area (Å²) in [6, 6.07) is 7.91. The molecule has 1 aliphatic heterocycles. The molecule has 138 valence electrons. The number of hydrogen-bond donors (Lipinski definition) is 1. The van der Waals surface area contributed by atoms with Crippen molar-refractivity contribution < 1.29 is 27.5 Å². The van der Waals surface area contributed by atoms with Crippen LogP contribution in [0.15, 0.2) is 40.2 Å². The highest BCUT2D eigenvalue weighted by Gasteiger charge is 2.49. The van der Waals surface area contributed by atoms with Crippen LogP contribution in [0.4, 0.5) is 18.0 Å². The Morgan fingerprint density at radius 3 is 2.38 bits per heavy atom. The number of carbonyl (C=O) groups is 2. The van der Waals surface area contributed by atoms with Crippen molar-refractivity contribution in [2.45, 2.75) is 25.4 Å². The van der Waals surface area contributed by atoms with Gasteiger partial charge in [-0.3, -0.25) is 9.69 Å². The molecule has 0 spiro atoms. The van der Waals surface area contributed by atoms with Crippen molar-refractivity contribution in [3.63, 3.8) is 0 Å². The summed E-state index contributed by atoms with van der Waals surface area (Å²) in [4.78, 5) is 26.9. The van der Waals surface area contributed by atoms with Gasteiger partial charge in [-0.05, 0) is 52.7 Å². The first-order valence-corrected chi connectivity index (χ1v) is 8.94. The first-order chi connectivity index (χ1) is 12.1. The summed E-state index contributed by atoms with van der Waals surface area (Å²) in [6.45, 7) is 1.63. The highest BCUT2D eigenvalue weighted by Crippen LogP contribution is 2.33. The molecule has 0 saturated carbocycles. The first-order valence-electron chi connectivity index (χ1n) is 7.33. The molecule has 1 unspecified atom stereocenters. The number of rotatable bonds is 4. The fraction of sp³-hybridized carbons (Fsp3) is 0.250. The van der Waals surface area contributed by atoms with Crippen molar-refractivity contribution in [3.05, 3.63) is 50.6 Å². The topological polar surface area (TPSA) is 58.6 Å². The van der Waals surface area contributed by atoms with Crippen molar-refractivity contribution in [1.82, 2.24) is 10.2 Å². The van der Waals surface area contributed by atoms with Gasteiger partial charge < -0.3 is 10.1 Å². The lowest BCUT2D eigenvalue weighted by atomic mass is 9.92. The minimum absolute atomic E-state index is 0.117. The number of nitrogens with one attached hydrogen (secondary N) is 1. The lowest BCUT2D eigenvalue weighted by Crippen LogP contribution is -2.40. The largest absolute Gasteiger partial charge is 0.573 e. The van der Waals surface area contributed by atoms with Gasteiger partial charge in [-0.25, -0.2) is 4.79 Å². The number of ether oxygens (including phenoxy) is 1. The van der Waals surface area contributed by atoms with E-state index in [1.165, 1.54) is 30.4 Å². The van der Waals surface area contributed by atoms with Crippen molar-refractivity contribution in [2.75, 3.05) is 0 Å². The average molecular weight is 449 g/mol. The van der Waals surface area contributed by atoms with Crippen LogP contribution in [0.1, 0.15) is 17.4 Å². The monoisotopic (exact) mass is 448 g/mol. The number of nitrogens with zero attached hydrogens (tertiary/aromatic N) is 1. The van der Waals surface area contributed by atoms with Gasteiger partial charge in [-0.2, -0.15) is 0 Å². The summed E-state index contributed by atoms with van der Waals surface area (Å²) in [6.07, 6.45) is -4.80. The Morgan fingerprint density at radius 2 is 1.85 bits per heavy atom. The molecule has 1 aliphatic rings. The molecule has 0 radical (unpaired) electrons. The Morgan fingerprint density at radius 1 is 1.19 bits per heavy atom. The number of benzene rings is 1. The molecule has 0 aliphatic carbocycles. The Bertz CT molecular complexity index is 853. The van der Waals surface area contributed by atoms with Crippen LogP contribution >= 0.6 is 27.3 Å². The predicted octanol–water partition coefficient (Wildman–Crippen LogP) is 4.38. The summed E-state index contributed by atoms with van der Waals surface area (Å²) in [5, 5.41) is 2.61.